The monoisotopic (exact) mass is 278 g/mol. The average molecular weight is 279 g/mol. The van der Waals surface area contributed by atoms with Crippen LogP contribution in [0.5, 0.6) is 0 Å². The van der Waals surface area contributed by atoms with E-state index in [4.69, 9.17) is 11.6 Å². The number of halogens is 1. The number of nitrogens with one attached hydrogen (secondary N) is 1. The molecule has 0 bridgehead atoms. The maximum Gasteiger partial charge on any atom is 0.276 e. The van der Waals surface area contributed by atoms with E-state index < -0.39 is 0 Å². The highest BCUT2D eigenvalue weighted by Gasteiger charge is 2.20. The zero-order chi connectivity index (χ0) is 14.0. The van der Waals surface area contributed by atoms with Gasteiger partial charge in [-0.1, -0.05) is 17.7 Å². The largest absolute Gasteiger partial charge is 0.305 e. The fourth-order valence-electron chi connectivity index (χ4n) is 1.79. The number of hydrogen-bond donors (Lipinski definition) is 1. The number of anilines is 1. The molecule has 0 saturated carbocycles. The molecule has 0 aliphatic heterocycles. The minimum absolute atomic E-state index is 0.300. The van der Waals surface area contributed by atoms with E-state index in [1.54, 1.807) is 17.7 Å². The first kappa shape index (κ1) is 13.5. The third-order valence-corrected chi connectivity index (χ3v) is 3.15. The summed E-state index contributed by atoms with van der Waals surface area (Å²) in [6.07, 6.45) is 0. The van der Waals surface area contributed by atoms with Crippen molar-refractivity contribution in [3.63, 3.8) is 0 Å². The van der Waals surface area contributed by atoms with Gasteiger partial charge in [0.15, 0.2) is 0 Å². The van der Waals surface area contributed by atoms with Gasteiger partial charge in [0, 0.05) is 12.2 Å². The van der Waals surface area contributed by atoms with Crippen LogP contribution >= 0.6 is 11.6 Å². The van der Waals surface area contributed by atoms with Crippen LogP contribution in [0.15, 0.2) is 18.2 Å². The molecule has 0 saturated heterocycles. The molecular weight excluding hydrogens is 264 g/mol. The lowest BCUT2D eigenvalue weighted by Crippen LogP contribution is -2.18. The molecule has 0 atom stereocenters. The van der Waals surface area contributed by atoms with E-state index in [-0.39, 0.29) is 5.91 Å². The third-order valence-electron chi connectivity index (χ3n) is 2.70. The highest BCUT2D eigenvalue weighted by molar-refractivity contribution is 6.34. The highest BCUT2D eigenvalue weighted by atomic mass is 35.5. The lowest BCUT2D eigenvalue weighted by molar-refractivity contribution is 0.101. The fourth-order valence-corrected chi connectivity index (χ4v) is 2.01. The van der Waals surface area contributed by atoms with Crippen molar-refractivity contribution in [1.29, 1.82) is 0 Å². The molecule has 2 aromatic rings. The normalized spacial score (nSPS) is 10.5. The van der Waals surface area contributed by atoms with Crippen LogP contribution in [-0.2, 0) is 6.54 Å². The minimum Gasteiger partial charge on any atom is -0.305 e. The second kappa shape index (κ2) is 5.40. The Kier molecular flexibility index (Phi) is 3.85. The summed E-state index contributed by atoms with van der Waals surface area (Å²) < 4.78 is 1.59. The van der Waals surface area contributed by atoms with E-state index in [0.717, 1.165) is 5.69 Å². The van der Waals surface area contributed by atoms with Crippen LogP contribution in [0.4, 0.5) is 5.82 Å². The molecule has 0 aromatic carbocycles. The van der Waals surface area contributed by atoms with E-state index >= 15 is 0 Å². The molecule has 100 valence electrons. The molecular formula is C13H15ClN4O. The zero-order valence-electron chi connectivity index (χ0n) is 11.1. The molecule has 1 amide bonds. The maximum absolute atomic E-state index is 12.2. The summed E-state index contributed by atoms with van der Waals surface area (Å²) in [5.41, 5.74) is 1.85. The topological polar surface area (TPSA) is 59.8 Å². The van der Waals surface area contributed by atoms with Gasteiger partial charge in [0.25, 0.3) is 5.91 Å². The smallest absolute Gasteiger partial charge is 0.276 e. The Morgan fingerprint density at radius 2 is 2.16 bits per heavy atom. The molecule has 0 unspecified atom stereocenters. The summed E-state index contributed by atoms with van der Waals surface area (Å²) in [7, 11) is 0. The molecule has 6 heteroatoms. The van der Waals surface area contributed by atoms with Crippen LogP contribution in [0.1, 0.15) is 28.8 Å². The van der Waals surface area contributed by atoms with Crippen LogP contribution in [0.3, 0.4) is 0 Å². The summed E-state index contributed by atoms with van der Waals surface area (Å²) in [5, 5.41) is 7.33. The zero-order valence-corrected chi connectivity index (χ0v) is 11.8. The Balaban J connectivity index is 2.30. The van der Waals surface area contributed by atoms with Crippen LogP contribution in [0, 0.1) is 13.8 Å². The van der Waals surface area contributed by atoms with Gasteiger partial charge in [-0.25, -0.2) is 4.98 Å². The molecule has 0 spiro atoms. The summed E-state index contributed by atoms with van der Waals surface area (Å²) in [5.74, 6) is 0.202. The number of aromatic nitrogens is 3. The first-order valence-electron chi connectivity index (χ1n) is 6.00. The SMILES string of the molecule is CCn1nc(C)c(Cl)c1C(=O)Nc1cccc(C)n1. The average Bonchev–Trinajstić information content (AvgIpc) is 2.65. The van der Waals surface area contributed by atoms with Gasteiger partial charge in [-0.15, -0.1) is 0 Å². The molecule has 0 fully saturated rings. The van der Waals surface area contributed by atoms with E-state index in [1.165, 1.54) is 0 Å². The van der Waals surface area contributed by atoms with Gasteiger partial charge < -0.3 is 5.32 Å². The van der Waals surface area contributed by atoms with Crippen molar-refractivity contribution in [2.75, 3.05) is 5.32 Å². The summed E-state index contributed by atoms with van der Waals surface area (Å²) in [6.45, 7) is 6.13. The van der Waals surface area contributed by atoms with Crippen molar-refractivity contribution in [1.82, 2.24) is 14.8 Å². The van der Waals surface area contributed by atoms with Crippen molar-refractivity contribution >= 4 is 23.3 Å². The number of rotatable bonds is 3. The second-order valence-electron chi connectivity index (χ2n) is 4.18. The van der Waals surface area contributed by atoms with Crippen LogP contribution in [0.2, 0.25) is 5.02 Å². The number of nitrogens with zero attached hydrogens (tertiary/aromatic N) is 3. The van der Waals surface area contributed by atoms with Crippen LogP contribution in [0.25, 0.3) is 0 Å². The van der Waals surface area contributed by atoms with E-state index in [0.29, 0.717) is 28.8 Å². The maximum atomic E-state index is 12.2. The minimum atomic E-state index is -0.300. The predicted molar refractivity (Wildman–Crippen MR) is 74.6 cm³/mol. The third kappa shape index (κ3) is 2.76. The van der Waals surface area contributed by atoms with Gasteiger partial charge in [0.2, 0.25) is 0 Å². The number of aryl methyl sites for hydroxylation is 3. The molecule has 5 nitrogen and oxygen atoms in total. The van der Waals surface area contributed by atoms with Crippen LogP contribution < -0.4 is 5.32 Å². The van der Waals surface area contributed by atoms with Crippen LogP contribution in [-0.4, -0.2) is 20.7 Å². The summed E-state index contributed by atoms with van der Waals surface area (Å²) >= 11 is 6.12. The molecule has 2 aromatic heterocycles. The Bertz CT molecular complexity index is 621. The first-order chi connectivity index (χ1) is 9.02. The van der Waals surface area contributed by atoms with E-state index in [9.17, 15) is 4.79 Å². The summed E-state index contributed by atoms with van der Waals surface area (Å²) in [6, 6.07) is 5.43. The number of carbonyl (C=O) groups excluding carboxylic acids is 1. The molecule has 2 heterocycles. The van der Waals surface area contributed by atoms with Crippen molar-refractivity contribution in [2.45, 2.75) is 27.3 Å². The van der Waals surface area contributed by atoms with Crippen molar-refractivity contribution in [3.05, 3.63) is 40.3 Å². The Labute approximate surface area is 116 Å². The van der Waals surface area contributed by atoms with Gasteiger partial charge >= 0.3 is 0 Å². The van der Waals surface area contributed by atoms with Gasteiger partial charge in [-0.05, 0) is 32.9 Å². The number of carbonyl (C=O) groups is 1. The van der Waals surface area contributed by atoms with Gasteiger partial charge in [-0.2, -0.15) is 5.10 Å². The molecule has 0 radical (unpaired) electrons. The first-order valence-corrected chi connectivity index (χ1v) is 6.38. The Morgan fingerprint density at radius 1 is 1.42 bits per heavy atom. The lowest BCUT2D eigenvalue weighted by atomic mass is 10.3. The highest BCUT2D eigenvalue weighted by Crippen LogP contribution is 2.21. The quantitative estimate of drug-likeness (QED) is 0.939. The molecule has 1 N–H and O–H groups in total. The molecule has 0 aliphatic carbocycles. The predicted octanol–water partition coefficient (Wildman–Crippen LogP) is 2.82. The Hall–Kier alpha value is -1.88. The molecule has 0 aliphatic rings. The van der Waals surface area contributed by atoms with Gasteiger partial charge in [0.05, 0.1) is 10.7 Å². The summed E-state index contributed by atoms with van der Waals surface area (Å²) in [4.78, 5) is 16.5. The van der Waals surface area contributed by atoms with Crippen molar-refractivity contribution in [2.24, 2.45) is 0 Å². The van der Waals surface area contributed by atoms with E-state index in [1.807, 2.05) is 26.0 Å². The Morgan fingerprint density at radius 3 is 2.79 bits per heavy atom. The second-order valence-corrected chi connectivity index (χ2v) is 4.56. The van der Waals surface area contributed by atoms with Gasteiger partial charge in [-0.3, -0.25) is 9.48 Å². The van der Waals surface area contributed by atoms with Crippen molar-refractivity contribution in [3.8, 4) is 0 Å². The standard InChI is InChI=1S/C13H15ClN4O/c1-4-18-12(11(14)9(3)17-18)13(19)16-10-7-5-6-8(2)15-10/h5-7H,4H2,1-3H3,(H,15,16,19). The van der Waals surface area contributed by atoms with E-state index in [2.05, 4.69) is 15.4 Å². The fraction of sp³-hybridized carbons (Fsp3) is 0.308. The number of amides is 1. The number of hydrogen-bond acceptors (Lipinski definition) is 3. The lowest BCUT2D eigenvalue weighted by Gasteiger charge is -2.07. The number of pyridine rings is 1. The molecule has 2 rings (SSSR count). The van der Waals surface area contributed by atoms with Gasteiger partial charge in [0.1, 0.15) is 11.5 Å². The molecule has 19 heavy (non-hydrogen) atoms. The van der Waals surface area contributed by atoms with Crippen molar-refractivity contribution < 1.29 is 4.79 Å².